The number of rotatable bonds is 1. The molecule has 6 heteroatoms. The summed E-state index contributed by atoms with van der Waals surface area (Å²) in [6.45, 7) is 9.39. The molecule has 0 aromatic carbocycles. The van der Waals surface area contributed by atoms with Crippen LogP contribution in [0.3, 0.4) is 0 Å². The summed E-state index contributed by atoms with van der Waals surface area (Å²) in [6, 6.07) is 2.37. The molecule has 0 amide bonds. The molecular weight excluding hydrogens is 233 g/mol. The molecule has 1 aromatic rings. The van der Waals surface area contributed by atoms with E-state index in [1.807, 2.05) is 27.7 Å². The van der Waals surface area contributed by atoms with Crippen LogP contribution in [0.2, 0.25) is 0 Å². The van der Waals surface area contributed by atoms with Gasteiger partial charge in [0, 0.05) is 0 Å². The predicted octanol–water partition coefficient (Wildman–Crippen LogP) is 3.92. The van der Waals surface area contributed by atoms with Gasteiger partial charge >= 0.3 is 6.36 Å². The minimum atomic E-state index is -4.69. The summed E-state index contributed by atoms with van der Waals surface area (Å²) in [5.74, 6) is -0.172. The highest BCUT2D eigenvalue weighted by Gasteiger charge is 2.31. The third kappa shape index (κ3) is 8.36. The van der Waals surface area contributed by atoms with Crippen LogP contribution in [-0.2, 0) is 0 Å². The van der Waals surface area contributed by atoms with Gasteiger partial charge in [-0.3, -0.25) is 0 Å². The fourth-order valence-electron chi connectivity index (χ4n) is 0.800. The summed E-state index contributed by atoms with van der Waals surface area (Å²) in [5, 5.41) is 0. The molecule has 2 N–H and O–H groups in total. The maximum atomic E-state index is 11.7. The van der Waals surface area contributed by atoms with Crippen molar-refractivity contribution >= 4 is 5.82 Å². The molecule has 0 saturated heterocycles. The van der Waals surface area contributed by atoms with Gasteiger partial charge in [-0.25, -0.2) is 4.98 Å². The first-order valence-corrected chi connectivity index (χ1v) is 5.37. The summed E-state index contributed by atoms with van der Waals surface area (Å²) in [5.41, 5.74) is 5.35. The van der Waals surface area contributed by atoms with E-state index < -0.39 is 6.36 Å². The van der Waals surface area contributed by atoms with Gasteiger partial charge in [-0.15, -0.1) is 13.2 Å². The number of nitrogens with zero attached hydrogens (tertiary/aromatic N) is 1. The monoisotopic (exact) mass is 252 g/mol. The number of ether oxygens (including phenoxy) is 1. The van der Waals surface area contributed by atoms with Crippen molar-refractivity contribution in [1.82, 2.24) is 4.98 Å². The molecule has 0 aliphatic carbocycles. The van der Waals surface area contributed by atoms with Gasteiger partial charge in [0.15, 0.2) is 5.75 Å². The highest BCUT2D eigenvalue weighted by atomic mass is 19.4. The second-order valence-corrected chi connectivity index (χ2v) is 2.37. The number of nitrogen functional groups attached to an aromatic ring is 1. The van der Waals surface area contributed by atoms with Crippen LogP contribution in [0.4, 0.5) is 19.0 Å². The summed E-state index contributed by atoms with van der Waals surface area (Å²) >= 11 is 0. The van der Waals surface area contributed by atoms with Gasteiger partial charge in [0.05, 0.1) is 5.69 Å². The number of nitrogens with two attached hydrogens (primary N) is 1. The molecule has 17 heavy (non-hydrogen) atoms. The lowest BCUT2D eigenvalue weighted by Crippen LogP contribution is -2.18. The Morgan fingerprint density at radius 1 is 1.12 bits per heavy atom. The Bertz CT molecular complexity index is 314. The second kappa shape index (κ2) is 8.66. The summed E-state index contributed by atoms with van der Waals surface area (Å²) < 4.78 is 38.9. The molecule has 1 heterocycles. The van der Waals surface area contributed by atoms with E-state index in [2.05, 4.69) is 9.72 Å². The molecule has 1 aromatic heterocycles. The van der Waals surface area contributed by atoms with Gasteiger partial charge in [-0.05, 0) is 19.1 Å². The van der Waals surface area contributed by atoms with Crippen molar-refractivity contribution in [2.75, 3.05) is 5.73 Å². The van der Waals surface area contributed by atoms with E-state index in [0.717, 1.165) is 6.07 Å². The third-order valence-corrected chi connectivity index (χ3v) is 1.28. The van der Waals surface area contributed by atoms with E-state index >= 15 is 0 Å². The molecule has 1 rings (SSSR count). The van der Waals surface area contributed by atoms with Crippen LogP contribution in [0, 0.1) is 6.92 Å². The van der Waals surface area contributed by atoms with E-state index in [9.17, 15) is 13.2 Å². The van der Waals surface area contributed by atoms with Crippen LogP contribution in [0.5, 0.6) is 5.75 Å². The van der Waals surface area contributed by atoms with Gasteiger partial charge in [-0.1, -0.05) is 27.7 Å². The normalized spacial score (nSPS) is 9.41. The number of alkyl halides is 3. The first kappa shape index (κ1) is 17.9. The SMILES string of the molecule is CC.CC.Cc1nc(N)ccc1OC(F)(F)F. The number of halogens is 3. The van der Waals surface area contributed by atoms with Crippen molar-refractivity contribution in [1.29, 1.82) is 0 Å². The Hall–Kier alpha value is -1.46. The molecule has 0 saturated carbocycles. The molecule has 0 spiro atoms. The number of pyridine rings is 1. The van der Waals surface area contributed by atoms with E-state index in [1.165, 1.54) is 13.0 Å². The van der Waals surface area contributed by atoms with Crippen LogP contribution in [-0.4, -0.2) is 11.3 Å². The largest absolute Gasteiger partial charge is 0.573 e. The molecule has 100 valence electrons. The average Bonchev–Trinajstić information content (AvgIpc) is 2.27. The number of hydrogen-bond donors (Lipinski definition) is 1. The molecule has 0 aliphatic rings. The van der Waals surface area contributed by atoms with Gasteiger partial charge in [-0.2, -0.15) is 0 Å². The Morgan fingerprint density at radius 2 is 1.59 bits per heavy atom. The van der Waals surface area contributed by atoms with Gasteiger partial charge in [0.2, 0.25) is 0 Å². The zero-order chi connectivity index (χ0) is 14.1. The van der Waals surface area contributed by atoms with Crippen molar-refractivity contribution in [3.05, 3.63) is 17.8 Å². The first-order chi connectivity index (χ1) is 7.88. The van der Waals surface area contributed by atoms with E-state index in [-0.39, 0.29) is 17.3 Å². The van der Waals surface area contributed by atoms with E-state index in [1.54, 1.807) is 0 Å². The fraction of sp³-hybridized carbons (Fsp3) is 0.545. The molecule has 0 bridgehead atoms. The van der Waals surface area contributed by atoms with Crippen LogP contribution in [0.15, 0.2) is 12.1 Å². The molecule has 0 aliphatic heterocycles. The Kier molecular flexibility index (Phi) is 9.13. The number of aromatic nitrogens is 1. The average molecular weight is 252 g/mol. The Labute approximate surface area is 99.8 Å². The van der Waals surface area contributed by atoms with Gasteiger partial charge in [0.25, 0.3) is 0 Å². The van der Waals surface area contributed by atoms with Crippen molar-refractivity contribution in [2.24, 2.45) is 0 Å². The minimum absolute atomic E-state index is 0.109. The van der Waals surface area contributed by atoms with Crippen LogP contribution >= 0.6 is 0 Å². The van der Waals surface area contributed by atoms with E-state index in [4.69, 9.17) is 5.73 Å². The summed E-state index contributed by atoms with van der Waals surface area (Å²) in [6.07, 6.45) is -4.69. The van der Waals surface area contributed by atoms with Gasteiger partial charge < -0.3 is 10.5 Å². The van der Waals surface area contributed by atoms with Crippen molar-refractivity contribution in [3.8, 4) is 5.75 Å². The molecule has 0 radical (unpaired) electrons. The smallest absolute Gasteiger partial charge is 0.404 e. The zero-order valence-electron chi connectivity index (χ0n) is 10.7. The van der Waals surface area contributed by atoms with Crippen LogP contribution in [0.25, 0.3) is 0 Å². The molecular formula is C11H19F3N2O. The quantitative estimate of drug-likeness (QED) is 0.824. The Balaban J connectivity index is 0. The maximum Gasteiger partial charge on any atom is 0.573 e. The summed E-state index contributed by atoms with van der Waals surface area (Å²) in [4.78, 5) is 3.61. The fourth-order valence-corrected chi connectivity index (χ4v) is 0.800. The van der Waals surface area contributed by atoms with Gasteiger partial charge in [0.1, 0.15) is 5.82 Å². The standard InChI is InChI=1S/C7H7F3N2O.2C2H6/c1-4-5(13-7(8,9)10)2-3-6(11)12-4;2*1-2/h2-3H,1H3,(H2,11,12);2*1-2H3. The van der Waals surface area contributed by atoms with Crippen molar-refractivity contribution in [2.45, 2.75) is 41.0 Å². The second-order valence-electron chi connectivity index (χ2n) is 2.37. The Morgan fingerprint density at radius 3 is 1.94 bits per heavy atom. The third-order valence-electron chi connectivity index (χ3n) is 1.28. The van der Waals surface area contributed by atoms with Crippen LogP contribution < -0.4 is 10.5 Å². The number of anilines is 1. The van der Waals surface area contributed by atoms with E-state index in [0.29, 0.717) is 0 Å². The molecule has 0 atom stereocenters. The zero-order valence-corrected chi connectivity index (χ0v) is 10.7. The first-order valence-electron chi connectivity index (χ1n) is 5.37. The van der Waals surface area contributed by atoms with Crippen molar-refractivity contribution in [3.63, 3.8) is 0 Å². The highest BCUT2D eigenvalue weighted by molar-refractivity contribution is 5.37. The topological polar surface area (TPSA) is 48.1 Å². The molecule has 3 nitrogen and oxygen atoms in total. The van der Waals surface area contributed by atoms with Crippen molar-refractivity contribution < 1.29 is 17.9 Å². The minimum Gasteiger partial charge on any atom is -0.404 e. The number of hydrogen-bond acceptors (Lipinski definition) is 3. The molecule has 0 fully saturated rings. The molecule has 0 unspecified atom stereocenters. The lowest BCUT2D eigenvalue weighted by molar-refractivity contribution is -0.275. The number of aryl methyl sites for hydroxylation is 1. The highest BCUT2D eigenvalue weighted by Crippen LogP contribution is 2.25. The lowest BCUT2D eigenvalue weighted by Gasteiger charge is -2.10. The lowest BCUT2D eigenvalue weighted by atomic mass is 10.3. The predicted molar refractivity (Wildman–Crippen MR) is 62.8 cm³/mol. The van der Waals surface area contributed by atoms with Crippen LogP contribution in [0.1, 0.15) is 33.4 Å². The summed E-state index contributed by atoms with van der Waals surface area (Å²) in [7, 11) is 0. The maximum absolute atomic E-state index is 11.7.